The second-order valence-corrected chi connectivity index (χ2v) is 9.96. The summed E-state index contributed by atoms with van der Waals surface area (Å²) in [6, 6.07) is 17.8. The number of carbonyl (C=O) groups excluding carboxylic acids is 4. The number of carbonyl (C=O) groups is 4. The van der Waals surface area contributed by atoms with Crippen LogP contribution in [-0.4, -0.2) is 55.5 Å². The second kappa shape index (κ2) is 17.3. The van der Waals surface area contributed by atoms with Crippen molar-refractivity contribution in [3.05, 3.63) is 71.8 Å². The summed E-state index contributed by atoms with van der Waals surface area (Å²) in [6.45, 7) is 6.14. The minimum Gasteiger partial charge on any atom is -0.445 e. The first-order valence-corrected chi connectivity index (χ1v) is 13.3. The summed E-state index contributed by atoms with van der Waals surface area (Å²) in [5, 5.41) is 10.6. The number of alkyl carbamates (subject to hydrolysis) is 3. The average Bonchev–Trinajstić information content (AvgIpc) is 2.92. The molecule has 218 valence electrons. The summed E-state index contributed by atoms with van der Waals surface area (Å²) in [7, 11) is 0. The quantitative estimate of drug-likeness (QED) is 0.203. The monoisotopic (exact) mass is 556 g/mol. The van der Waals surface area contributed by atoms with Gasteiger partial charge in [-0.3, -0.25) is 4.79 Å². The van der Waals surface area contributed by atoms with E-state index in [9.17, 15) is 19.2 Å². The van der Waals surface area contributed by atoms with Crippen LogP contribution in [0.3, 0.4) is 0 Å². The van der Waals surface area contributed by atoms with E-state index in [2.05, 4.69) is 21.3 Å². The number of hydrogen-bond donors (Lipinski definition) is 4. The van der Waals surface area contributed by atoms with E-state index in [1.165, 1.54) is 0 Å². The minimum atomic E-state index is -0.857. The largest absolute Gasteiger partial charge is 0.445 e. The summed E-state index contributed by atoms with van der Waals surface area (Å²) in [4.78, 5) is 48.8. The van der Waals surface area contributed by atoms with Crippen molar-refractivity contribution < 1.29 is 33.4 Å². The summed E-state index contributed by atoms with van der Waals surface area (Å²) in [6.07, 6.45) is -0.418. The molecule has 0 spiro atoms. The molecule has 11 nitrogen and oxygen atoms in total. The van der Waals surface area contributed by atoms with Crippen LogP contribution in [0.4, 0.5) is 14.4 Å². The van der Waals surface area contributed by atoms with E-state index in [1.54, 1.807) is 20.8 Å². The normalized spacial score (nSPS) is 11.5. The Morgan fingerprint density at radius 3 is 1.70 bits per heavy atom. The molecule has 4 N–H and O–H groups in total. The summed E-state index contributed by atoms with van der Waals surface area (Å²) in [5.41, 5.74) is 1.03. The van der Waals surface area contributed by atoms with Gasteiger partial charge >= 0.3 is 18.3 Å². The Hall–Kier alpha value is -4.28. The molecule has 1 atom stereocenters. The Labute approximate surface area is 235 Å². The molecule has 0 fully saturated rings. The number of ether oxygens (including phenoxy) is 3. The van der Waals surface area contributed by atoms with E-state index in [0.29, 0.717) is 25.8 Å². The molecule has 2 aromatic carbocycles. The third-order valence-corrected chi connectivity index (χ3v) is 5.32. The fourth-order valence-corrected chi connectivity index (χ4v) is 3.40. The molecule has 0 aliphatic heterocycles. The molecular formula is C29H40N4O7. The zero-order valence-electron chi connectivity index (χ0n) is 23.4. The molecule has 4 amide bonds. The van der Waals surface area contributed by atoms with E-state index >= 15 is 0 Å². The molecule has 0 unspecified atom stereocenters. The van der Waals surface area contributed by atoms with Crippen molar-refractivity contribution >= 4 is 24.2 Å². The molecule has 0 aromatic heterocycles. The van der Waals surface area contributed by atoms with Gasteiger partial charge in [-0.25, -0.2) is 14.4 Å². The Morgan fingerprint density at radius 1 is 0.675 bits per heavy atom. The van der Waals surface area contributed by atoms with E-state index in [1.807, 2.05) is 60.7 Å². The highest BCUT2D eigenvalue weighted by atomic mass is 16.6. The Balaban J connectivity index is 1.70. The molecule has 2 rings (SSSR count). The van der Waals surface area contributed by atoms with Gasteiger partial charge in [0.1, 0.15) is 24.9 Å². The predicted molar refractivity (Wildman–Crippen MR) is 149 cm³/mol. The van der Waals surface area contributed by atoms with Gasteiger partial charge in [0, 0.05) is 19.6 Å². The van der Waals surface area contributed by atoms with Gasteiger partial charge in [0.2, 0.25) is 5.91 Å². The highest BCUT2D eigenvalue weighted by molar-refractivity contribution is 5.85. The summed E-state index contributed by atoms with van der Waals surface area (Å²) in [5.74, 6) is -0.416. The van der Waals surface area contributed by atoms with Crippen LogP contribution >= 0.6 is 0 Å². The fourth-order valence-electron chi connectivity index (χ4n) is 3.40. The lowest BCUT2D eigenvalue weighted by Gasteiger charge is -2.23. The van der Waals surface area contributed by atoms with Gasteiger partial charge in [-0.2, -0.15) is 0 Å². The highest BCUT2D eigenvalue weighted by Gasteiger charge is 2.24. The van der Waals surface area contributed by atoms with Crippen LogP contribution in [0.15, 0.2) is 60.7 Å². The lowest BCUT2D eigenvalue weighted by Crippen LogP contribution is -2.49. The first-order valence-electron chi connectivity index (χ1n) is 13.3. The van der Waals surface area contributed by atoms with Crippen molar-refractivity contribution in [2.24, 2.45) is 0 Å². The molecule has 0 saturated carbocycles. The molecule has 0 aliphatic carbocycles. The van der Waals surface area contributed by atoms with Crippen LogP contribution in [0.2, 0.25) is 0 Å². The Morgan fingerprint density at radius 2 is 1.18 bits per heavy atom. The van der Waals surface area contributed by atoms with E-state index < -0.39 is 35.8 Å². The lowest BCUT2D eigenvalue weighted by atomic mass is 10.1. The zero-order chi connectivity index (χ0) is 29.2. The maximum absolute atomic E-state index is 12.8. The smallest absolute Gasteiger partial charge is 0.408 e. The topological polar surface area (TPSA) is 144 Å². The van der Waals surface area contributed by atoms with Crippen LogP contribution in [-0.2, 0) is 32.2 Å². The minimum absolute atomic E-state index is 0.139. The first kappa shape index (κ1) is 31.9. The second-order valence-electron chi connectivity index (χ2n) is 9.96. The van der Waals surface area contributed by atoms with Gasteiger partial charge in [0.05, 0.1) is 0 Å². The fraction of sp³-hybridized carbons (Fsp3) is 0.448. The third kappa shape index (κ3) is 14.6. The van der Waals surface area contributed by atoms with Crippen molar-refractivity contribution in [1.82, 2.24) is 21.3 Å². The third-order valence-electron chi connectivity index (χ3n) is 5.32. The van der Waals surface area contributed by atoms with Gasteiger partial charge in [0.15, 0.2) is 0 Å². The van der Waals surface area contributed by atoms with Gasteiger partial charge in [0.25, 0.3) is 0 Å². The van der Waals surface area contributed by atoms with Crippen LogP contribution < -0.4 is 21.3 Å². The van der Waals surface area contributed by atoms with Crippen molar-refractivity contribution in [2.45, 2.75) is 64.9 Å². The zero-order valence-corrected chi connectivity index (χ0v) is 23.4. The maximum atomic E-state index is 12.8. The number of benzene rings is 2. The molecule has 0 heterocycles. The summed E-state index contributed by atoms with van der Waals surface area (Å²) < 4.78 is 15.6. The molecule has 0 saturated heterocycles. The van der Waals surface area contributed by atoms with E-state index in [-0.39, 0.29) is 26.3 Å². The molecule has 0 aliphatic rings. The molecule has 2 aromatic rings. The van der Waals surface area contributed by atoms with Crippen molar-refractivity contribution in [3.63, 3.8) is 0 Å². The summed E-state index contributed by atoms with van der Waals surface area (Å²) >= 11 is 0. The predicted octanol–water partition coefficient (Wildman–Crippen LogP) is 4.02. The number of amides is 4. The van der Waals surface area contributed by atoms with Gasteiger partial charge in [-0.1, -0.05) is 60.7 Å². The van der Waals surface area contributed by atoms with Gasteiger partial charge in [-0.05, 0) is 51.2 Å². The first-order chi connectivity index (χ1) is 19.1. The van der Waals surface area contributed by atoms with Crippen LogP contribution in [0.1, 0.15) is 51.2 Å². The molecule has 40 heavy (non-hydrogen) atoms. The van der Waals surface area contributed by atoms with Crippen molar-refractivity contribution in [3.8, 4) is 0 Å². The maximum Gasteiger partial charge on any atom is 0.408 e. The molecule has 11 heteroatoms. The Bertz CT molecular complexity index is 1060. The van der Waals surface area contributed by atoms with Crippen LogP contribution in [0.25, 0.3) is 0 Å². The lowest BCUT2D eigenvalue weighted by molar-refractivity contribution is -0.123. The van der Waals surface area contributed by atoms with E-state index in [0.717, 1.165) is 11.1 Å². The number of hydrogen-bond acceptors (Lipinski definition) is 7. The highest BCUT2D eigenvalue weighted by Crippen LogP contribution is 2.09. The van der Waals surface area contributed by atoms with Crippen LogP contribution in [0, 0.1) is 0 Å². The average molecular weight is 557 g/mol. The van der Waals surface area contributed by atoms with Gasteiger partial charge in [-0.15, -0.1) is 0 Å². The molecular weight excluding hydrogens is 516 g/mol. The van der Waals surface area contributed by atoms with Gasteiger partial charge < -0.3 is 35.5 Å². The number of rotatable bonds is 14. The number of nitrogens with one attached hydrogen (secondary N) is 4. The standard InChI is InChI=1S/C29H40N4O7/c1-29(2,3)40-28(37)33-24(16-10-11-17-31-26(35)38-20-22-12-6-4-7-13-22)25(34)30-18-19-32-27(36)39-21-23-14-8-5-9-15-23/h4-9,12-15,24H,10-11,16-21H2,1-3H3,(H,30,34)(H,31,35)(H,32,36)(H,33,37)/t24-/m0/s1. The Kier molecular flexibility index (Phi) is 13.8. The SMILES string of the molecule is CC(C)(C)OC(=O)N[C@@H](CCCCNC(=O)OCc1ccccc1)C(=O)NCCNC(=O)OCc1ccccc1. The van der Waals surface area contributed by atoms with Crippen LogP contribution in [0.5, 0.6) is 0 Å². The van der Waals surface area contributed by atoms with E-state index in [4.69, 9.17) is 14.2 Å². The van der Waals surface area contributed by atoms with Crippen molar-refractivity contribution in [2.75, 3.05) is 19.6 Å². The molecule has 0 bridgehead atoms. The molecule has 0 radical (unpaired) electrons. The number of unbranched alkanes of at least 4 members (excludes halogenated alkanes) is 1. The van der Waals surface area contributed by atoms with Crippen molar-refractivity contribution in [1.29, 1.82) is 0 Å².